The lowest BCUT2D eigenvalue weighted by Crippen LogP contribution is -2.23. The van der Waals surface area contributed by atoms with Gasteiger partial charge < -0.3 is 0 Å². The third-order valence-electron chi connectivity index (χ3n) is 4.04. The van der Waals surface area contributed by atoms with Crippen molar-refractivity contribution in [1.29, 1.82) is 0 Å². The molecule has 0 atom stereocenters. The molecule has 0 unspecified atom stereocenters. The zero-order valence-corrected chi connectivity index (χ0v) is 12.8. The van der Waals surface area contributed by atoms with Crippen molar-refractivity contribution in [3.8, 4) is 0 Å². The molecule has 4 rings (SSSR count). The van der Waals surface area contributed by atoms with E-state index in [0.29, 0.717) is 18.5 Å². The number of pyridine rings is 1. The molecule has 118 valence electrons. The molecule has 0 saturated carbocycles. The Morgan fingerprint density at radius 1 is 1.08 bits per heavy atom. The van der Waals surface area contributed by atoms with Crippen molar-refractivity contribution in [1.82, 2.24) is 9.99 Å². The highest BCUT2D eigenvalue weighted by molar-refractivity contribution is 6.06. The summed E-state index contributed by atoms with van der Waals surface area (Å²) in [6.45, 7) is 0.496. The minimum absolute atomic E-state index is 0.285. The van der Waals surface area contributed by atoms with Gasteiger partial charge in [-0.05, 0) is 42.0 Å². The molecule has 0 N–H and O–H groups in total. The fourth-order valence-corrected chi connectivity index (χ4v) is 2.83. The van der Waals surface area contributed by atoms with E-state index in [1.54, 1.807) is 12.3 Å². The monoisotopic (exact) mass is 319 g/mol. The largest absolute Gasteiger partial charge is 0.274 e. The Hall–Kier alpha value is -3.08. The fourth-order valence-electron chi connectivity index (χ4n) is 2.83. The number of benzene rings is 2. The van der Waals surface area contributed by atoms with Crippen LogP contribution in [-0.4, -0.2) is 28.2 Å². The summed E-state index contributed by atoms with van der Waals surface area (Å²) in [4.78, 5) is 16.7. The molecule has 0 fully saturated rings. The number of rotatable bonds is 2. The molecule has 0 saturated heterocycles. The third kappa shape index (κ3) is 2.65. The molecule has 0 radical (unpaired) electrons. The van der Waals surface area contributed by atoms with Crippen molar-refractivity contribution in [3.05, 3.63) is 77.7 Å². The second-order valence-corrected chi connectivity index (χ2v) is 5.65. The van der Waals surface area contributed by atoms with Gasteiger partial charge in [0, 0.05) is 23.6 Å². The molecule has 1 amide bonds. The summed E-state index contributed by atoms with van der Waals surface area (Å²) in [5, 5.41) is 6.86. The molecule has 1 aromatic heterocycles. The van der Waals surface area contributed by atoms with Gasteiger partial charge in [0.15, 0.2) is 0 Å². The van der Waals surface area contributed by atoms with Crippen LogP contribution in [0.25, 0.3) is 10.9 Å². The standard InChI is InChI=1S/C19H14FN3O/c20-16-5-1-3-15(12-16)19(24)23-10-8-18(22-23)14-6-7-17-13(11-14)4-2-9-21-17/h1-7,9,11-12H,8,10H2. The van der Waals surface area contributed by atoms with E-state index >= 15 is 0 Å². The average molecular weight is 319 g/mol. The summed E-state index contributed by atoms with van der Waals surface area (Å²) < 4.78 is 13.3. The lowest BCUT2D eigenvalue weighted by atomic mass is 10.1. The molecular formula is C19H14FN3O. The molecule has 3 aromatic rings. The molecule has 0 aliphatic carbocycles. The summed E-state index contributed by atoms with van der Waals surface area (Å²) in [5.74, 6) is -0.710. The highest BCUT2D eigenvalue weighted by Gasteiger charge is 2.23. The Morgan fingerprint density at radius 2 is 2.00 bits per heavy atom. The first-order chi connectivity index (χ1) is 11.7. The predicted octanol–water partition coefficient (Wildman–Crippen LogP) is 3.62. The van der Waals surface area contributed by atoms with E-state index in [-0.39, 0.29) is 5.91 Å². The smallest absolute Gasteiger partial charge is 0.267 e. The molecule has 24 heavy (non-hydrogen) atoms. The molecule has 1 aliphatic heterocycles. The SMILES string of the molecule is O=C(c1cccc(F)c1)N1CCC(c2ccc3ncccc3c2)=N1. The van der Waals surface area contributed by atoms with E-state index in [9.17, 15) is 9.18 Å². The topological polar surface area (TPSA) is 45.6 Å². The van der Waals surface area contributed by atoms with Gasteiger partial charge in [-0.15, -0.1) is 0 Å². The zero-order valence-electron chi connectivity index (χ0n) is 12.8. The maximum absolute atomic E-state index is 13.3. The van der Waals surface area contributed by atoms with Gasteiger partial charge in [-0.1, -0.05) is 18.2 Å². The van der Waals surface area contributed by atoms with Crippen LogP contribution < -0.4 is 0 Å². The number of hydrogen-bond donors (Lipinski definition) is 0. The van der Waals surface area contributed by atoms with Crippen LogP contribution in [0.1, 0.15) is 22.3 Å². The second kappa shape index (κ2) is 5.85. The van der Waals surface area contributed by atoms with Crippen LogP contribution in [0.5, 0.6) is 0 Å². The number of hydrazone groups is 1. The van der Waals surface area contributed by atoms with Gasteiger partial charge in [-0.3, -0.25) is 9.78 Å². The van der Waals surface area contributed by atoms with Crippen LogP contribution in [0, 0.1) is 5.82 Å². The van der Waals surface area contributed by atoms with Gasteiger partial charge in [-0.2, -0.15) is 5.10 Å². The van der Waals surface area contributed by atoms with Gasteiger partial charge in [-0.25, -0.2) is 9.40 Å². The first-order valence-corrected chi connectivity index (χ1v) is 7.71. The number of hydrogen-bond acceptors (Lipinski definition) is 3. The predicted molar refractivity (Wildman–Crippen MR) is 90.3 cm³/mol. The highest BCUT2D eigenvalue weighted by Crippen LogP contribution is 2.20. The maximum atomic E-state index is 13.3. The average Bonchev–Trinajstić information content (AvgIpc) is 3.11. The van der Waals surface area contributed by atoms with Crippen molar-refractivity contribution in [3.63, 3.8) is 0 Å². The van der Waals surface area contributed by atoms with Crippen molar-refractivity contribution in [2.45, 2.75) is 6.42 Å². The van der Waals surface area contributed by atoms with Crippen molar-refractivity contribution < 1.29 is 9.18 Å². The number of fused-ring (bicyclic) bond motifs is 1. The Labute approximate surface area is 138 Å². The van der Waals surface area contributed by atoms with Crippen molar-refractivity contribution >= 4 is 22.5 Å². The van der Waals surface area contributed by atoms with E-state index in [1.807, 2.05) is 30.3 Å². The van der Waals surface area contributed by atoms with Crippen LogP contribution in [0.15, 0.2) is 65.9 Å². The Kier molecular flexibility index (Phi) is 3.54. The summed E-state index contributed by atoms with van der Waals surface area (Å²) in [7, 11) is 0. The maximum Gasteiger partial charge on any atom is 0.274 e. The fraction of sp³-hybridized carbons (Fsp3) is 0.105. The number of carbonyl (C=O) groups excluding carboxylic acids is 1. The number of carbonyl (C=O) groups is 1. The lowest BCUT2D eigenvalue weighted by Gasteiger charge is -2.11. The second-order valence-electron chi connectivity index (χ2n) is 5.65. The quantitative estimate of drug-likeness (QED) is 0.724. The van der Waals surface area contributed by atoms with Gasteiger partial charge in [0.25, 0.3) is 5.91 Å². The Morgan fingerprint density at radius 3 is 2.88 bits per heavy atom. The molecule has 5 heteroatoms. The molecule has 0 spiro atoms. The summed E-state index contributed by atoms with van der Waals surface area (Å²) in [5.41, 5.74) is 3.06. The van der Waals surface area contributed by atoms with Gasteiger partial charge >= 0.3 is 0 Å². The van der Waals surface area contributed by atoms with Crippen LogP contribution in [0.2, 0.25) is 0 Å². The van der Waals surface area contributed by atoms with Crippen LogP contribution in [-0.2, 0) is 0 Å². The number of amides is 1. The first-order valence-electron chi connectivity index (χ1n) is 7.71. The molecule has 2 heterocycles. The number of aromatic nitrogens is 1. The molecule has 4 nitrogen and oxygen atoms in total. The molecule has 2 aromatic carbocycles. The van der Waals surface area contributed by atoms with E-state index < -0.39 is 5.82 Å². The van der Waals surface area contributed by atoms with Crippen molar-refractivity contribution in [2.75, 3.05) is 6.54 Å². The first kappa shape index (κ1) is 14.5. The van der Waals surface area contributed by atoms with Crippen molar-refractivity contribution in [2.24, 2.45) is 5.10 Å². The van der Waals surface area contributed by atoms with E-state index in [0.717, 1.165) is 22.2 Å². The van der Waals surface area contributed by atoms with E-state index in [1.165, 1.54) is 23.2 Å². The third-order valence-corrected chi connectivity index (χ3v) is 4.04. The minimum Gasteiger partial charge on any atom is -0.267 e. The summed E-state index contributed by atoms with van der Waals surface area (Å²) in [6.07, 6.45) is 2.43. The summed E-state index contributed by atoms with van der Waals surface area (Å²) in [6, 6.07) is 15.5. The van der Waals surface area contributed by atoms with Gasteiger partial charge in [0.2, 0.25) is 0 Å². The van der Waals surface area contributed by atoms with Crippen LogP contribution >= 0.6 is 0 Å². The zero-order chi connectivity index (χ0) is 16.5. The van der Waals surface area contributed by atoms with Crippen LogP contribution in [0.3, 0.4) is 0 Å². The summed E-state index contributed by atoms with van der Waals surface area (Å²) >= 11 is 0. The number of nitrogens with zero attached hydrogens (tertiary/aromatic N) is 3. The molecule has 1 aliphatic rings. The van der Waals surface area contributed by atoms with E-state index in [4.69, 9.17) is 0 Å². The Balaban J connectivity index is 1.63. The van der Waals surface area contributed by atoms with Gasteiger partial charge in [0.05, 0.1) is 17.8 Å². The lowest BCUT2D eigenvalue weighted by molar-refractivity contribution is 0.0778. The Bertz CT molecular complexity index is 967. The number of halogens is 1. The molecular weight excluding hydrogens is 305 g/mol. The minimum atomic E-state index is -0.425. The van der Waals surface area contributed by atoms with Crippen LogP contribution in [0.4, 0.5) is 4.39 Å². The molecule has 0 bridgehead atoms. The van der Waals surface area contributed by atoms with E-state index in [2.05, 4.69) is 10.1 Å². The highest BCUT2D eigenvalue weighted by atomic mass is 19.1. The van der Waals surface area contributed by atoms with Gasteiger partial charge in [0.1, 0.15) is 5.82 Å². The normalized spacial score (nSPS) is 14.0.